The van der Waals surface area contributed by atoms with Crippen LogP contribution in [0.5, 0.6) is 5.75 Å². The second kappa shape index (κ2) is 5.45. The van der Waals surface area contributed by atoms with E-state index in [2.05, 4.69) is 20.7 Å². The number of phenols is 1. The molecule has 1 aromatic rings. The molecule has 0 spiro atoms. The van der Waals surface area contributed by atoms with E-state index in [1.165, 1.54) is 12.1 Å². The van der Waals surface area contributed by atoms with Crippen LogP contribution in [0, 0.1) is 0 Å². The standard InChI is InChI=1S/C9H12BrNO5S2/c1-17(13,14)5-6-18(15,16)11-8-4-2-3-7(10)9(8)12/h2-4,11-12H,5-6H2,1H3. The third-order valence-corrected chi connectivity index (χ3v) is 5.09. The summed E-state index contributed by atoms with van der Waals surface area (Å²) >= 11 is 3.04. The summed E-state index contributed by atoms with van der Waals surface area (Å²) in [5.41, 5.74) is -0.00197. The van der Waals surface area contributed by atoms with Crippen molar-refractivity contribution in [2.24, 2.45) is 0 Å². The summed E-state index contributed by atoms with van der Waals surface area (Å²) in [6.45, 7) is 0. The number of hydrogen-bond donors (Lipinski definition) is 2. The molecular weight excluding hydrogens is 346 g/mol. The van der Waals surface area contributed by atoms with Gasteiger partial charge in [0.15, 0.2) is 5.75 Å². The van der Waals surface area contributed by atoms with E-state index in [4.69, 9.17) is 0 Å². The highest BCUT2D eigenvalue weighted by molar-refractivity contribution is 9.10. The summed E-state index contributed by atoms with van der Waals surface area (Å²) in [5.74, 6) is -1.28. The zero-order valence-corrected chi connectivity index (χ0v) is 12.6. The Morgan fingerprint density at radius 2 is 1.83 bits per heavy atom. The maximum absolute atomic E-state index is 11.6. The summed E-state index contributed by atoms with van der Waals surface area (Å²) in [6, 6.07) is 4.46. The Labute approximate surface area is 114 Å². The maximum Gasteiger partial charge on any atom is 0.233 e. The molecule has 0 atom stereocenters. The molecule has 0 heterocycles. The molecule has 0 radical (unpaired) electrons. The smallest absolute Gasteiger partial charge is 0.233 e. The van der Waals surface area contributed by atoms with E-state index in [0.717, 1.165) is 6.26 Å². The van der Waals surface area contributed by atoms with Crippen LogP contribution in [0.1, 0.15) is 0 Å². The van der Waals surface area contributed by atoms with Crippen LogP contribution < -0.4 is 4.72 Å². The summed E-state index contributed by atoms with van der Waals surface area (Å²) in [7, 11) is -7.18. The van der Waals surface area contributed by atoms with Crippen molar-refractivity contribution in [3.8, 4) is 5.75 Å². The van der Waals surface area contributed by atoms with Gasteiger partial charge in [0.2, 0.25) is 10.0 Å². The number of nitrogens with one attached hydrogen (secondary N) is 1. The SMILES string of the molecule is CS(=O)(=O)CCS(=O)(=O)Nc1cccc(Br)c1O. The van der Waals surface area contributed by atoms with Gasteiger partial charge in [-0.25, -0.2) is 16.8 Å². The third-order valence-electron chi connectivity index (χ3n) is 1.98. The van der Waals surface area contributed by atoms with E-state index < -0.39 is 31.4 Å². The largest absolute Gasteiger partial charge is 0.505 e. The minimum absolute atomic E-state index is 0.00197. The van der Waals surface area contributed by atoms with Crippen molar-refractivity contribution in [1.82, 2.24) is 0 Å². The lowest BCUT2D eigenvalue weighted by molar-refractivity contribution is 0.474. The van der Waals surface area contributed by atoms with Crippen LogP contribution in [0.2, 0.25) is 0 Å². The van der Waals surface area contributed by atoms with Gasteiger partial charge in [0.1, 0.15) is 9.84 Å². The lowest BCUT2D eigenvalue weighted by Gasteiger charge is -2.09. The molecule has 1 aromatic carbocycles. The predicted molar refractivity (Wildman–Crippen MR) is 72.9 cm³/mol. The van der Waals surface area contributed by atoms with Gasteiger partial charge in [0.25, 0.3) is 0 Å². The first-order chi connectivity index (χ1) is 8.11. The Bertz CT molecular complexity index is 639. The first kappa shape index (κ1) is 15.3. The first-order valence-electron chi connectivity index (χ1n) is 4.76. The number of anilines is 1. The zero-order valence-electron chi connectivity index (χ0n) is 9.42. The van der Waals surface area contributed by atoms with Crippen LogP contribution in [-0.2, 0) is 19.9 Å². The Morgan fingerprint density at radius 3 is 2.39 bits per heavy atom. The Balaban J connectivity index is 2.87. The molecule has 0 unspecified atom stereocenters. The molecule has 102 valence electrons. The molecule has 0 bridgehead atoms. The van der Waals surface area contributed by atoms with Gasteiger partial charge in [0.05, 0.1) is 21.7 Å². The minimum Gasteiger partial charge on any atom is -0.505 e. The van der Waals surface area contributed by atoms with Gasteiger partial charge >= 0.3 is 0 Å². The molecule has 9 heteroatoms. The van der Waals surface area contributed by atoms with Gasteiger partial charge in [-0.3, -0.25) is 4.72 Å². The van der Waals surface area contributed by atoms with Gasteiger partial charge in [-0.2, -0.15) is 0 Å². The lowest BCUT2D eigenvalue weighted by atomic mass is 10.3. The number of sulfonamides is 1. The highest BCUT2D eigenvalue weighted by Gasteiger charge is 2.16. The molecule has 0 aliphatic heterocycles. The quantitative estimate of drug-likeness (QED) is 0.763. The topological polar surface area (TPSA) is 101 Å². The fraction of sp³-hybridized carbons (Fsp3) is 0.333. The number of aromatic hydroxyl groups is 1. The molecule has 0 aromatic heterocycles. The highest BCUT2D eigenvalue weighted by atomic mass is 79.9. The molecule has 2 N–H and O–H groups in total. The average molecular weight is 358 g/mol. The van der Waals surface area contributed by atoms with Gasteiger partial charge in [-0.1, -0.05) is 6.07 Å². The number of phenolic OH excluding ortho intramolecular Hbond substituents is 1. The number of para-hydroxylation sites is 1. The zero-order chi connectivity index (χ0) is 14.0. The summed E-state index contributed by atoms with van der Waals surface area (Å²) < 4.78 is 47.5. The van der Waals surface area contributed by atoms with Crippen molar-refractivity contribution >= 4 is 41.5 Å². The van der Waals surface area contributed by atoms with Crippen molar-refractivity contribution in [3.05, 3.63) is 22.7 Å². The Kier molecular flexibility index (Phi) is 4.62. The number of hydrogen-bond acceptors (Lipinski definition) is 5. The van der Waals surface area contributed by atoms with E-state index in [-0.39, 0.29) is 11.4 Å². The van der Waals surface area contributed by atoms with Crippen LogP contribution >= 0.6 is 15.9 Å². The normalized spacial score (nSPS) is 12.3. The van der Waals surface area contributed by atoms with Gasteiger partial charge in [-0.15, -0.1) is 0 Å². The Hall–Kier alpha value is -0.800. The average Bonchev–Trinajstić information content (AvgIpc) is 2.21. The van der Waals surface area contributed by atoms with E-state index >= 15 is 0 Å². The maximum atomic E-state index is 11.6. The van der Waals surface area contributed by atoms with Crippen molar-refractivity contribution in [2.75, 3.05) is 22.5 Å². The molecule has 0 fully saturated rings. The summed E-state index contributed by atoms with van der Waals surface area (Å²) in [4.78, 5) is 0. The fourth-order valence-electron chi connectivity index (χ4n) is 1.08. The molecule has 0 aliphatic carbocycles. The van der Waals surface area contributed by atoms with E-state index in [1.807, 2.05) is 0 Å². The monoisotopic (exact) mass is 357 g/mol. The van der Waals surface area contributed by atoms with Crippen molar-refractivity contribution in [1.29, 1.82) is 0 Å². The summed E-state index contributed by atoms with van der Waals surface area (Å²) in [6.07, 6.45) is 0.957. The van der Waals surface area contributed by atoms with Crippen LogP contribution in [0.4, 0.5) is 5.69 Å². The molecule has 0 saturated heterocycles. The number of benzene rings is 1. The summed E-state index contributed by atoms with van der Waals surface area (Å²) in [5, 5.41) is 9.60. The van der Waals surface area contributed by atoms with E-state index in [0.29, 0.717) is 4.47 Å². The number of halogens is 1. The number of sulfone groups is 1. The van der Waals surface area contributed by atoms with Crippen molar-refractivity contribution in [3.63, 3.8) is 0 Å². The lowest BCUT2D eigenvalue weighted by Crippen LogP contribution is -2.22. The first-order valence-corrected chi connectivity index (χ1v) is 9.27. The van der Waals surface area contributed by atoms with Crippen molar-refractivity contribution in [2.45, 2.75) is 0 Å². The van der Waals surface area contributed by atoms with Crippen LogP contribution in [-0.4, -0.2) is 39.7 Å². The van der Waals surface area contributed by atoms with Crippen LogP contribution in [0.15, 0.2) is 22.7 Å². The van der Waals surface area contributed by atoms with Crippen LogP contribution in [0.25, 0.3) is 0 Å². The number of rotatable bonds is 5. The second-order valence-electron chi connectivity index (χ2n) is 3.69. The van der Waals surface area contributed by atoms with Gasteiger partial charge in [0, 0.05) is 6.26 Å². The molecule has 6 nitrogen and oxygen atoms in total. The fourth-order valence-corrected chi connectivity index (χ4v) is 4.13. The molecule has 0 saturated carbocycles. The molecular formula is C9H12BrNO5S2. The molecule has 1 rings (SSSR count). The predicted octanol–water partition coefficient (Wildman–Crippen LogP) is 0.941. The van der Waals surface area contributed by atoms with E-state index in [9.17, 15) is 21.9 Å². The molecule has 0 amide bonds. The molecule has 0 aliphatic rings. The van der Waals surface area contributed by atoms with Crippen molar-refractivity contribution < 1.29 is 21.9 Å². The Morgan fingerprint density at radius 1 is 1.22 bits per heavy atom. The van der Waals surface area contributed by atoms with E-state index in [1.54, 1.807) is 6.07 Å². The minimum atomic E-state index is -3.82. The van der Waals surface area contributed by atoms with Gasteiger partial charge in [-0.05, 0) is 28.1 Å². The highest BCUT2D eigenvalue weighted by Crippen LogP contribution is 2.32. The van der Waals surface area contributed by atoms with Crippen LogP contribution in [0.3, 0.4) is 0 Å². The molecule has 18 heavy (non-hydrogen) atoms. The second-order valence-corrected chi connectivity index (χ2v) is 8.64. The third kappa shape index (κ3) is 4.83. The van der Waals surface area contributed by atoms with Gasteiger partial charge < -0.3 is 5.11 Å².